The summed E-state index contributed by atoms with van der Waals surface area (Å²) in [5.41, 5.74) is 0. The van der Waals surface area contributed by atoms with Crippen LogP contribution in [-0.4, -0.2) is 57.3 Å². The van der Waals surface area contributed by atoms with E-state index in [0.29, 0.717) is 19.3 Å². The summed E-state index contributed by atoms with van der Waals surface area (Å²) in [6, 6.07) is -1.01. The van der Waals surface area contributed by atoms with Gasteiger partial charge in [0, 0.05) is 0 Å². The van der Waals surface area contributed by atoms with Crippen molar-refractivity contribution in [2.45, 2.75) is 372 Å². The molecule has 0 aromatic carbocycles. The molecule has 0 aliphatic heterocycles. The van der Waals surface area contributed by atoms with Crippen LogP contribution in [0, 0.1) is 0 Å². The third-order valence-corrected chi connectivity index (χ3v) is 15.3. The molecule has 0 saturated carbocycles. The van der Waals surface area contributed by atoms with E-state index in [1.54, 1.807) is 0 Å². The maximum atomic E-state index is 12.6. The van der Waals surface area contributed by atoms with Crippen molar-refractivity contribution in [3.8, 4) is 0 Å². The second kappa shape index (κ2) is 60.4. The van der Waals surface area contributed by atoms with Gasteiger partial charge in [0.2, 0.25) is 5.91 Å². The number of hydrogen-bond donors (Lipinski definition) is 5. The highest BCUT2D eigenvalue weighted by Gasteiger charge is 2.28. The van der Waals surface area contributed by atoms with Gasteiger partial charge in [-0.3, -0.25) is 4.79 Å². The van der Waals surface area contributed by atoms with Crippen LogP contribution in [0.15, 0.2) is 36.5 Å². The molecule has 0 radical (unpaired) electrons. The van der Waals surface area contributed by atoms with Crippen LogP contribution in [0.2, 0.25) is 0 Å². The molecule has 426 valence electrons. The van der Waals surface area contributed by atoms with Crippen molar-refractivity contribution in [2.75, 3.05) is 6.61 Å². The molecular formula is C66H127NO5. The quantitative estimate of drug-likeness (QED) is 0.0308. The molecule has 0 spiro atoms. The van der Waals surface area contributed by atoms with Crippen molar-refractivity contribution < 1.29 is 25.2 Å². The Balaban J connectivity index is 3.60. The second-order valence-corrected chi connectivity index (χ2v) is 22.4. The number of nitrogens with one attached hydrogen (secondary N) is 1. The van der Waals surface area contributed by atoms with Gasteiger partial charge in [-0.15, -0.1) is 0 Å². The molecule has 0 aliphatic carbocycles. The molecule has 4 unspecified atom stereocenters. The predicted molar refractivity (Wildman–Crippen MR) is 316 cm³/mol. The Morgan fingerprint density at radius 2 is 0.583 bits per heavy atom. The Labute approximate surface area is 449 Å². The Kier molecular flexibility index (Phi) is 59.2. The fourth-order valence-electron chi connectivity index (χ4n) is 10.3. The van der Waals surface area contributed by atoms with Crippen LogP contribution in [0.25, 0.3) is 0 Å². The van der Waals surface area contributed by atoms with Gasteiger partial charge in [-0.05, 0) is 64.2 Å². The molecule has 72 heavy (non-hydrogen) atoms. The third kappa shape index (κ3) is 53.4. The Morgan fingerprint density at radius 1 is 0.333 bits per heavy atom. The van der Waals surface area contributed by atoms with Crippen LogP contribution in [0.4, 0.5) is 0 Å². The zero-order chi connectivity index (χ0) is 52.3. The number of allylic oxidation sites excluding steroid dienone is 6. The summed E-state index contributed by atoms with van der Waals surface area (Å²) < 4.78 is 0. The van der Waals surface area contributed by atoms with Crippen LogP contribution >= 0.6 is 0 Å². The number of aliphatic hydroxyl groups excluding tert-OH is 4. The fraction of sp³-hybridized carbons (Fsp3) is 0.894. The van der Waals surface area contributed by atoms with E-state index in [2.05, 4.69) is 55.6 Å². The first kappa shape index (κ1) is 70.5. The molecule has 0 aromatic heterocycles. The molecule has 0 saturated heterocycles. The average molecular weight is 1010 g/mol. The minimum Gasteiger partial charge on any atom is -0.394 e. The lowest BCUT2D eigenvalue weighted by Gasteiger charge is -2.27. The highest BCUT2D eigenvalue weighted by molar-refractivity contribution is 5.80. The number of carbonyl (C=O) groups is 1. The van der Waals surface area contributed by atoms with Gasteiger partial charge in [0.25, 0.3) is 0 Å². The largest absolute Gasteiger partial charge is 0.394 e. The number of aliphatic hydroxyl groups is 4. The molecule has 4 atom stereocenters. The van der Waals surface area contributed by atoms with Crippen molar-refractivity contribution in [2.24, 2.45) is 0 Å². The number of unbranched alkanes of at least 4 members (excludes halogenated alkanes) is 45. The van der Waals surface area contributed by atoms with Crippen molar-refractivity contribution in [3.05, 3.63) is 36.5 Å². The van der Waals surface area contributed by atoms with E-state index < -0.39 is 36.9 Å². The van der Waals surface area contributed by atoms with Crippen LogP contribution in [0.1, 0.15) is 348 Å². The molecule has 0 rings (SSSR count). The summed E-state index contributed by atoms with van der Waals surface area (Å²) in [6.07, 6.45) is 76.8. The highest BCUT2D eigenvalue weighted by Crippen LogP contribution is 2.19. The molecule has 0 aliphatic rings. The first-order valence-electron chi connectivity index (χ1n) is 32.4. The minimum atomic E-state index is -1.29. The molecule has 0 bridgehead atoms. The number of carbonyl (C=O) groups excluding carboxylic acids is 1. The molecule has 6 heteroatoms. The first-order valence-corrected chi connectivity index (χ1v) is 32.4. The highest BCUT2D eigenvalue weighted by atomic mass is 16.3. The van der Waals surface area contributed by atoms with Crippen LogP contribution < -0.4 is 5.32 Å². The predicted octanol–water partition coefficient (Wildman–Crippen LogP) is 19.5. The van der Waals surface area contributed by atoms with E-state index in [1.807, 2.05) is 0 Å². The van der Waals surface area contributed by atoms with E-state index in [9.17, 15) is 25.2 Å². The summed E-state index contributed by atoms with van der Waals surface area (Å²) in [5.74, 6) is -0.593. The summed E-state index contributed by atoms with van der Waals surface area (Å²) in [7, 11) is 0. The minimum absolute atomic E-state index is 0.362. The molecule has 6 nitrogen and oxygen atoms in total. The van der Waals surface area contributed by atoms with Crippen molar-refractivity contribution in [1.29, 1.82) is 0 Å². The SMILES string of the molecule is CCCCCCCCCCCCC/C=C/CC/C=C/CC/C=C/CCCC(O)C(O)C(CO)NC(=O)C(O)CCCCCCCCCCCCCCCCCCCCCCCCCCCCCCCCCC. The summed E-state index contributed by atoms with van der Waals surface area (Å²) >= 11 is 0. The van der Waals surface area contributed by atoms with Gasteiger partial charge in [0.05, 0.1) is 18.8 Å². The van der Waals surface area contributed by atoms with Crippen molar-refractivity contribution in [1.82, 2.24) is 5.32 Å². The van der Waals surface area contributed by atoms with E-state index in [-0.39, 0.29) is 0 Å². The van der Waals surface area contributed by atoms with Gasteiger partial charge < -0.3 is 25.7 Å². The van der Waals surface area contributed by atoms with Gasteiger partial charge in [0.15, 0.2) is 0 Å². The molecule has 1 amide bonds. The molecule has 0 aromatic rings. The smallest absolute Gasteiger partial charge is 0.249 e. The standard InChI is InChI=1S/C66H127NO5/c1-3-5-7-9-11-13-15-17-19-21-23-25-27-29-30-31-32-33-34-35-36-38-40-42-44-46-48-50-52-54-56-58-60-64(70)66(72)67-62(61-68)65(71)63(69)59-57-55-53-51-49-47-45-43-41-39-37-28-26-24-22-20-18-16-14-12-10-8-6-4-2/h28,37,43,45,51,53,62-65,68-71H,3-27,29-36,38-42,44,46-50,52,54-61H2,1-2H3,(H,67,72)/b37-28+,45-43+,53-51+. The number of amides is 1. The zero-order valence-electron chi connectivity index (χ0n) is 48.4. The monoisotopic (exact) mass is 1010 g/mol. The topological polar surface area (TPSA) is 110 Å². The van der Waals surface area contributed by atoms with Gasteiger partial charge in [-0.2, -0.15) is 0 Å². The summed E-state index contributed by atoms with van der Waals surface area (Å²) in [5, 5.41) is 44.1. The molecule has 0 fully saturated rings. The maximum absolute atomic E-state index is 12.6. The van der Waals surface area contributed by atoms with Crippen molar-refractivity contribution in [3.63, 3.8) is 0 Å². The van der Waals surface area contributed by atoms with Gasteiger partial charge in [0.1, 0.15) is 12.2 Å². The first-order chi connectivity index (χ1) is 35.5. The number of rotatable bonds is 60. The zero-order valence-corrected chi connectivity index (χ0v) is 48.4. The van der Waals surface area contributed by atoms with E-state index >= 15 is 0 Å². The lowest BCUT2D eigenvalue weighted by Crippen LogP contribution is -2.53. The van der Waals surface area contributed by atoms with Gasteiger partial charge in [-0.1, -0.05) is 320 Å². The Hall–Kier alpha value is -1.47. The summed E-state index contributed by atoms with van der Waals surface area (Å²) in [4.78, 5) is 12.6. The molecular weight excluding hydrogens is 887 g/mol. The lowest BCUT2D eigenvalue weighted by molar-refractivity contribution is -0.132. The molecule has 0 heterocycles. The normalized spacial score (nSPS) is 13.8. The van der Waals surface area contributed by atoms with Crippen molar-refractivity contribution >= 4 is 5.91 Å². The van der Waals surface area contributed by atoms with E-state index in [0.717, 1.165) is 51.4 Å². The average Bonchev–Trinajstić information content (AvgIpc) is 3.39. The molecule has 5 N–H and O–H groups in total. The van der Waals surface area contributed by atoms with E-state index in [1.165, 1.54) is 263 Å². The summed E-state index contributed by atoms with van der Waals surface area (Å²) in [6.45, 7) is 4.08. The number of hydrogen-bond acceptors (Lipinski definition) is 5. The third-order valence-electron chi connectivity index (χ3n) is 15.3. The Bertz CT molecular complexity index is 1140. The van der Waals surface area contributed by atoms with Crippen LogP contribution in [0.5, 0.6) is 0 Å². The van der Waals surface area contributed by atoms with Gasteiger partial charge in [-0.25, -0.2) is 0 Å². The van der Waals surface area contributed by atoms with Crippen LogP contribution in [0.3, 0.4) is 0 Å². The van der Waals surface area contributed by atoms with Crippen LogP contribution in [-0.2, 0) is 4.79 Å². The lowest BCUT2D eigenvalue weighted by atomic mass is 10.00. The van der Waals surface area contributed by atoms with Gasteiger partial charge >= 0.3 is 0 Å². The fourth-order valence-corrected chi connectivity index (χ4v) is 10.3. The second-order valence-electron chi connectivity index (χ2n) is 22.4. The Morgan fingerprint density at radius 3 is 0.875 bits per heavy atom. The maximum Gasteiger partial charge on any atom is 0.249 e. The van der Waals surface area contributed by atoms with E-state index in [4.69, 9.17) is 0 Å².